The van der Waals surface area contributed by atoms with Gasteiger partial charge in [-0.25, -0.2) is 0 Å². The van der Waals surface area contributed by atoms with E-state index in [2.05, 4.69) is 4.98 Å². The Bertz CT molecular complexity index is 406. The van der Waals surface area contributed by atoms with E-state index in [1.807, 2.05) is 0 Å². The van der Waals surface area contributed by atoms with Gasteiger partial charge in [-0.15, -0.1) is 0 Å². The maximum atomic E-state index is 11.5. The predicted octanol–water partition coefficient (Wildman–Crippen LogP) is 0.192. The molecule has 1 unspecified atom stereocenters. The van der Waals surface area contributed by atoms with Crippen molar-refractivity contribution >= 4 is 23.2 Å². The quantitative estimate of drug-likeness (QED) is 0.366. The SMILES string of the molecule is O=C(CSCC(O)CO)c1cc([N+](=O)[O-])c[nH]1. The lowest BCUT2D eigenvalue weighted by Gasteiger charge is -2.04. The van der Waals surface area contributed by atoms with Crippen molar-refractivity contribution in [2.45, 2.75) is 6.10 Å². The van der Waals surface area contributed by atoms with Gasteiger partial charge in [-0.1, -0.05) is 0 Å². The minimum atomic E-state index is -0.856. The summed E-state index contributed by atoms with van der Waals surface area (Å²) in [7, 11) is 0. The van der Waals surface area contributed by atoms with Crippen LogP contribution in [0.2, 0.25) is 0 Å². The van der Waals surface area contributed by atoms with Crippen molar-refractivity contribution in [3.05, 3.63) is 28.1 Å². The number of hydrogen-bond acceptors (Lipinski definition) is 6. The number of carbonyl (C=O) groups is 1. The monoisotopic (exact) mass is 260 g/mol. The number of H-pyrrole nitrogens is 1. The lowest BCUT2D eigenvalue weighted by Crippen LogP contribution is -2.16. The number of thioether (sulfide) groups is 1. The molecule has 1 aromatic heterocycles. The number of nitrogens with one attached hydrogen (secondary N) is 1. The van der Waals surface area contributed by atoms with Crippen LogP contribution in [0.5, 0.6) is 0 Å². The number of aromatic nitrogens is 1. The lowest BCUT2D eigenvalue weighted by atomic mass is 10.3. The predicted molar refractivity (Wildman–Crippen MR) is 62.2 cm³/mol. The molecule has 1 heterocycles. The second-order valence-electron chi connectivity index (χ2n) is 3.30. The molecule has 3 N–H and O–H groups in total. The molecule has 7 nitrogen and oxygen atoms in total. The minimum absolute atomic E-state index is 0.0920. The van der Waals surface area contributed by atoms with Gasteiger partial charge in [-0.2, -0.15) is 11.8 Å². The Labute approximate surface area is 101 Å². The number of carbonyl (C=O) groups excluding carboxylic acids is 1. The molecular formula is C9H12N2O5S. The van der Waals surface area contributed by atoms with Crippen molar-refractivity contribution < 1.29 is 19.9 Å². The number of ketones is 1. The summed E-state index contributed by atoms with van der Waals surface area (Å²) in [5.74, 6) is 0.0491. The van der Waals surface area contributed by atoms with Crippen LogP contribution in [0.3, 0.4) is 0 Å². The molecule has 8 heteroatoms. The molecule has 1 rings (SSSR count). The summed E-state index contributed by atoms with van der Waals surface area (Å²) in [6, 6.07) is 1.17. The third-order valence-corrected chi connectivity index (χ3v) is 3.02. The van der Waals surface area contributed by atoms with Crippen LogP contribution in [-0.2, 0) is 0 Å². The minimum Gasteiger partial charge on any atom is -0.394 e. The van der Waals surface area contributed by atoms with Crippen molar-refractivity contribution in [3.8, 4) is 0 Å². The molecule has 1 atom stereocenters. The van der Waals surface area contributed by atoms with Crippen molar-refractivity contribution in [2.75, 3.05) is 18.1 Å². The van der Waals surface area contributed by atoms with Crippen molar-refractivity contribution in [1.29, 1.82) is 0 Å². The van der Waals surface area contributed by atoms with Crippen molar-refractivity contribution in [1.82, 2.24) is 4.98 Å². The van der Waals surface area contributed by atoms with Crippen LogP contribution < -0.4 is 0 Å². The Morgan fingerprint density at radius 2 is 2.35 bits per heavy atom. The van der Waals surface area contributed by atoms with Crippen LogP contribution in [0.1, 0.15) is 10.5 Å². The molecule has 0 aliphatic carbocycles. The number of nitrogens with zero attached hydrogens (tertiary/aromatic N) is 1. The fraction of sp³-hybridized carbons (Fsp3) is 0.444. The van der Waals surface area contributed by atoms with Gasteiger partial charge in [0.15, 0.2) is 5.78 Å². The van der Waals surface area contributed by atoms with Crippen LogP contribution in [-0.4, -0.2) is 50.1 Å². The first-order valence-corrected chi connectivity index (χ1v) is 5.92. The summed E-state index contributed by atoms with van der Waals surface area (Å²) in [5, 5.41) is 28.0. The molecule has 0 aliphatic rings. The standard InChI is InChI=1S/C9H12N2O5S/c12-3-7(13)4-17-5-9(14)8-1-6(2-10-8)11(15)16/h1-2,7,10,12-13H,3-5H2. The summed E-state index contributed by atoms with van der Waals surface area (Å²) in [6.45, 7) is -0.352. The highest BCUT2D eigenvalue weighted by atomic mass is 32.2. The molecule has 0 spiro atoms. The maximum Gasteiger partial charge on any atom is 0.287 e. The van der Waals surface area contributed by atoms with Crippen LogP contribution >= 0.6 is 11.8 Å². The topological polar surface area (TPSA) is 116 Å². The first kappa shape index (κ1) is 13.7. The highest BCUT2D eigenvalue weighted by Gasteiger charge is 2.14. The van der Waals surface area contributed by atoms with Gasteiger partial charge in [-0.05, 0) is 0 Å². The van der Waals surface area contributed by atoms with Gasteiger partial charge in [0.1, 0.15) is 0 Å². The van der Waals surface area contributed by atoms with E-state index < -0.39 is 11.0 Å². The third-order valence-electron chi connectivity index (χ3n) is 1.93. The summed E-state index contributed by atoms with van der Waals surface area (Å²) in [5.41, 5.74) is 0.0106. The highest BCUT2D eigenvalue weighted by Crippen LogP contribution is 2.14. The van der Waals surface area contributed by atoms with Crippen LogP contribution in [0.25, 0.3) is 0 Å². The molecule has 0 radical (unpaired) electrons. The number of hydrogen-bond donors (Lipinski definition) is 3. The summed E-state index contributed by atoms with van der Waals surface area (Å²) in [6.07, 6.45) is 0.297. The van der Waals surface area contributed by atoms with Crippen LogP contribution in [0, 0.1) is 10.1 Å². The Morgan fingerprint density at radius 1 is 1.65 bits per heavy atom. The van der Waals surface area contributed by atoms with Gasteiger partial charge in [-0.3, -0.25) is 14.9 Å². The second kappa shape index (κ2) is 6.38. The first-order chi connectivity index (χ1) is 8.04. The first-order valence-electron chi connectivity index (χ1n) is 4.77. The molecule has 0 aliphatic heterocycles. The Kier molecular flexibility index (Phi) is 5.13. The second-order valence-corrected chi connectivity index (χ2v) is 4.33. The van der Waals surface area contributed by atoms with E-state index >= 15 is 0 Å². The number of Topliss-reactive ketones (excluding diaryl/α,β-unsaturated/α-hetero) is 1. The van der Waals surface area contributed by atoms with E-state index in [0.717, 1.165) is 18.0 Å². The maximum absolute atomic E-state index is 11.5. The molecule has 0 bridgehead atoms. The molecule has 0 fully saturated rings. The number of nitro groups is 1. The van der Waals surface area contributed by atoms with Gasteiger partial charge in [0.25, 0.3) is 5.69 Å². The van der Waals surface area contributed by atoms with Gasteiger partial charge >= 0.3 is 0 Å². The third kappa shape index (κ3) is 4.17. The normalized spacial score (nSPS) is 12.4. The molecule has 0 amide bonds. The van der Waals surface area contributed by atoms with Crippen LogP contribution in [0.15, 0.2) is 12.3 Å². The van der Waals surface area contributed by atoms with E-state index in [1.54, 1.807) is 0 Å². The number of rotatable bonds is 7. The molecule has 0 saturated heterocycles. The zero-order valence-electron chi connectivity index (χ0n) is 8.83. The van der Waals surface area contributed by atoms with E-state index in [4.69, 9.17) is 10.2 Å². The smallest absolute Gasteiger partial charge is 0.287 e. The van der Waals surface area contributed by atoms with Gasteiger partial charge in [0.2, 0.25) is 0 Å². The largest absolute Gasteiger partial charge is 0.394 e. The Morgan fingerprint density at radius 3 is 2.88 bits per heavy atom. The van der Waals surface area contributed by atoms with E-state index in [9.17, 15) is 14.9 Å². The number of aliphatic hydroxyl groups excluding tert-OH is 2. The van der Waals surface area contributed by atoms with Crippen LogP contribution in [0.4, 0.5) is 5.69 Å². The highest BCUT2D eigenvalue weighted by molar-refractivity contribution is 8.00. The van der Waals surface area contributed by atoms with Gasteiger partial charge in [0, 0.05) is 11.8 Å². The molecule has 94 valence electrons. The van der Waals surface area contributed by atoms with E-state index in [0.29, 0.717) is 0 Å². The molecule has 0 aromatic carbocycles. The van der Waals surface area contributed by atoms with Gasteiger partial charge < -0.3 is 15.2 Å². The molecule has 17 heavy (non-hydrogen) atoms. The fourth-order valence-corrected chi connectivity index (χ4v) is 1.90. The molecule has 0 saturated carbocycles. The summed E-state index contributed by atoms with van der Waals surface area (Å²) in [4.78, 5) is 23.9. The van der Waals surface area contributed by atoms with E-state index in [1.165, 1.54) is 6.07 Å². The zero-order chi connectivity index (χ0) is 12.8. The molecule has 1 aromatic rings. The number of aromatic amines is 1. The summed E-state index contributed by atoms with van der Waals surface area (Å²) >= 11 is 1.16. The Hall–Kier alpha value is -1.38. The zero-order valence-corrected chi connectivity index (χ0v) is 9.64. The fourth-order valence-electron chi connectivity index (χ4n) is 1.07. The van der Waals surface area contributed by atoms with E-state index in [-0.39, 0.29) is 35.3 Å². The average Bonchev–Trinajstić information content (AvgIpc) is 2.78. The van der Waals surface area contributed by atoms with Gasteiger partial charge in [0.05, 0.1) is 35.3 Å². The number of aliphatic hydroxyl groups is 2. The average molecular weight is 260 g/mol. The lowest BCUT2D eigenvalue weighted by molar-refractivity contribution is -0.384. The summed E-state index contributed by atoms with van der Waals surface area (Å²) < 4.78 is 0. The van der Waals surface area contributed by atoms with Crippen molar-refractivity contribution in [3.63, 3.8) is 0 Å². The Balaban J connectivity index is 2.44. The molecular weight excluding hydrogens is 248 g/mol. The van der Waals surface area contributed by atoms with Crippen molar-refractivity contribution in [2.24, 2.45) is 0 Å².